The highest BCUT2D eigenvalue weighted by Gasteiger charge is 2.21. The summed E-state index contributed by atoms with van der Waals surface area (Å²) in [5, 5.41) is 9.35. The molecule has 1 aliphatic carbocycles. The Kier molecular flexibility index (Phi) is 2.61. The van der Waals surface area contributed by atoms with Gasteiger partial charge in [0.1, 0.15) is 10.9 Å². The van der Waals surface area contributed by atoms with Crippen LogP contribution >= 0.6 is 11.6 Å². The molecule has 0 aromatic carbocycles. The van der Waals surface area contributed by atoms with Crippen molar-refractivity contribution in [3.8, 4) is 11.8 Å². The van der Waals surface area contributed by atoms with E-state index in [0.29, 0.717) is 29.5 Å². The van der Waals surface area contributed by atoms with Crippen LogP contribution in [0.5, 0.6) is 5.75 Å². The first kappa shape index (κ1) is 10.0. The third-order valence-corrected chi connectivity index (χ3v) is 2.41. The number of aromatic nitrogens is 1. The molecule has 76 valence electrons. The van der Waals surface area contributed by atoms with Gasteiger partial charge in [-0.15, -0.1) is 0 Å². The van der Waals surface area contributed by atoms with Gasteiger partial charge in [0.2, 0.25) is 0 Å². The fraction of sp³-hybridized carbons (Fsp3) is 0.273. The minimum atomic E-state index is 0.407. The molecule has 0 bridgehead atoms. The van der Waals surface area contributed by atoms with Crippen LogP contribution in [-0.2, 0) is 6.42 Å². The highest BCUT2D eigenvalue weighted by atomic mass is 35.5. The monoisotopic (exact) mass is 220 g/mol. The first-order valence-corrected chi connectivity index (χ1v) is 5.07. The number of nitriles is 1. The average Bonchev–Trinajstić information content (AvgIpc) is 2.61. The number of hydrogen-bond donors (Lipinski definition) is 0. The second-order valence-electron chi connectivity index (χ2n) is 3.13. The van der Waals surface area contributed by atoms with Crippen molar-refractivity contribution in [3.05, 3.63) is 28.6 Å². The van der Waals surface area contributed by atoms with Crippen LogP contribution in [0.15, 0.2) is 12.1 Å². The fourth-order valence-corrected chi connectivity index (χ4v) is 1.85. The number of fused-ring (bicyclic) bond motifs is 1. The zero-order chi connectivity index (χ0) is 10.8. The fourth-order valence-electron chi connectivity index (χ4n) is 1.65. The molecule has 0 saturated heterocycles. The van der Waals surface area contributed by atoms with E-state index < -0.39 is 0 Å². The molecule has 2 rings (SSSR count). The molecular weight excluding hydrogens is 212 g/mol. The van der Waals surface area contributed by atoms with Gasteiger partial charge in [-0.1, -0.05) is 17.7 Å². The molecule has 0 atom stereocenters. The summed E-state index contributed by atoms with van der Waals surface area (Å²) < 4.78 is 5.45. The third-order valence-electron chi connectivity index (χ3n) is 2.22. The van der Waals surface area contributed by atoms with Gasteiger partial charge in [-0.2, -0.15) is 5.26 Å². The Labute approximate surface area is 93.0 Å². The van der Waals surface area contributed by atoms with Gasteiger partial charge in [-0.05, 0) is 6.92 Å². The maximum absolute atomic E-state index is 8.94. The van der Waals surface area contributed by atoms with Crippen molar-refractivity contribution in [2.75, 3.05) is 6.61 Å². The highest BCUT2D eigenvalue weighted by molar-refractivity contribution is 6.29. The number of halogens is 1. The molecule has 1 heterocycles. The Morgan fingerprint density at radius 1 is 1.67 bits per heavy atom. The lowest BCUT2D eigenvalue weighted by Gasteiger charge is -2.09. The predicted molar refractivity (Wildman–Crippen MR) is 57.7 cm³/mol. The number of pyridine rings is 1. The van der Waals surface area contributed by atoms with E-state index in [9.17, 15) is 0 Å². The first-order valence-electron chi connectivity index (χ1n) is 4.69. The predicted octanol–water partition coefficient (Wildman–Crippen LogP) is 2.60. The van der Waals surface area contributed by atoms with E-state index >= 15 is 0 Å². The summed E-state index contributed by atoms with van der Waals surface area (Å²) in [4.78, 5) is 4.18. The van der Waals surface area contributed by atoms with E-state index in [-0.39, 0.29) is 0 Å². The summed E-state index contributed by atoms with van der Waals surface area (Å²) in [6, 6.07) is 3.79. The summed E-state index contributed by atoms with van der Waals surface area (Å²) in [5.41, 5.74) is 2.24. The van der Waals surface area contributed by atoms with E-state index in [1.54, 1.807) is 6.07 Å². The summed E-state index contributed by atoms with van der Waals surface area (Å²) in [6.45, 7) is 2.44. The summed E-state index contributed by atoms with van der Waals surface area (Å²) >= 11 is 5.86. The largest absolute Gasteiger partial charge is 0.493 e. The molecule has 0 fully saturated rings. The van der Waals surface area contributed by atoms with Crippen LogP contribution in [0.1, 0.15) is 18.2 Å². The van der Waals surface area contributed by atoms with E-state index in [4.69, 9.17) is 21.6 Å². The molecule has 1 aliphatic rings. The number of nitrogens with zero attached hydrogens (tertiary/aromatic N) is 2. The van der Waals surface area contributed by atoms with Gasteiger partial charge >= 0.3 is 0 Å². The van der Waals surface area contributed by atoms with E-state index in [1.165, 1.54) is 0 Å². The van der Waals surface area contributed by atoms with Crippen molar-refractivity contribution < 1.29 is 4.74 Å². The maximum Gasteiger partial charge on any atom is 0.133 e. The second-order valence-corrected chi connectivity index (χ2v) is 3.52. The zero-order valence-electron chi connectivity index (χ0n) is 8.25. The lowest BCUT2D eigenvalue weighted by Crippen LogP contribution is -1.99. The summed E-state index contributed by atoms with van der Waals surface area (Å²) in [7, 11) is 0. The Morgan fingerprint density at radius 3 is 3.13 bits per heavy atom. The Balaban J connectivity index is 2.56. The maximum atomic E-state index is 8.94. The summed E-state index contributed by atoms with van der Waals surface area (Å²) in [6.07, 6.45) is 2.50. The van der Waals surface area contributed by atoms with Gasteiger partial charge in [0, 0.05) is 12.5 Å². The van der Waals surface area contributed by atoms with Gasteiger partial charge in [0.25, 0.3) is 0 Å². The van der Waals surface area contributed by atoms with Crippen LogP contribution in [-0.4, -0.2) is 11.6 Å². The summed E-state index contributed by atoms with van der Waals surface area (Å²) in [5.74, 6) is 0.651. The SMILES string of the molecule is CCOc1cc(Cl)nc2c1C(C#N)=CC2. The lowest BCUT2D eigenvalue weighted by atomic mass is 10.1. The van der Waals surface area contributed by atoms with Crippen molar-refractivity contribution in [3.63, 3.8) is 0 Å². The van der Waals surface area contributed by atoms with Crippen molar-refractivity contribution in [1.29, 1.82) is 5.26 Å². The second kappa shape index (κ2) is 3.92. The van der Waals surface area contributed by atoms with Crippen molar-refractivity contribution in [2.45, 2.75) is 13.3 Å². The van der Waals surface area contributed by atoms with Crippen LogP contribution in [0.4, 0.5) is 0 Å². The molecule has 1 aromatic heterocycles. The van der Waals surface area contributed by atoms with Crippen molar-refractivity contribution >= 4 is 17.2 Å². The number of ether oxygens (including phenoxy) is 1. The van der Waals surface area contributed by atoms with Gasteiger partial charge in [0.05, 0.1) is 29.5 Å². The standard InChI is InChI=1S/C11H9ClN2O/c1-2-15-9-5-10(12)14-8-4-3-7(6-13)11(8)9/h3,5H,2,4H2,1H3. The van der Waals surface area contributed by atoms with Crippen LogP contribution < -0.4 is 4.74 Å². The zero-order valence-corrected chi connectivity index (χ0v) is 9.01. The quantitative estimate of drug-likeness (QED) is 0.720. The minimum Gasteiger partial charge on any atom is -0.493 e. The normalized spacial score (nSPS) is 13.0. The molecule has 0 spiro atoms. The van der Waals surface area contributed by atoms with E-state index in [0.717, 1.165) is 11.3 Å². The highest BCUT2D eigenvalue weighted by Crippen LogP contribution is 2.35. The molecule has 0 N–H and O–H groups in total. The minimum absolute atomic E-state index is 0.407. The van der Waals surface area contributed by atoms with Crippen LogP contribution in [0, 0.1) is 11.3 Å². The Morgan fingerprint density at radius 2 is 2.47 bits per heavy atom. The van der Waals surface area contributed by atoms with Gasteiger partial charge in [-0.3, -0.25) is 0 Å². The van der Waals surface area contributed by atoms with Gasteiger partial charge < -0.3 is 4.74 Å². The van der Waals surface area contributed by atoms with Crippen LogP contribution in [0.3, 0.4) is 0 Å². The molecule has 0 amide bonds. The third kappa shape index (κ3) is 1.69. The molecule has 0 saturated carbocycles. The molecule has 1 aromatic rings. The van der Waals surface area contributed by atoms with E-state index in [1.807, 2.05) is 13.0 Å². The van der Waals surface area contributed by atoms with Gasteiger partial charge in [0.15, 0.2) is 0 Å². The topological polar surface area (TPSA) is 45.9 Å². The van der Waals surface area contributed by atoms with Crippen molar-refractivity contribution in [1.82, 2.24) is 4.98 Å². The Hall–Kier alpha value is -1.53. The number of hydrogen-bond acceptors (Lipinski definition) is 3. The van der Waals surface area contributed by atoms with Crippen LogP contribution in [0.2, 0.25) is 5.15 Å². The molecule has 0 unspecified atom stereocenters. The van der Waals surface area contributed by atoms with Crippen LogP contribution in [0.25, 0.3) is 5.57 Å². The molecule has 3 nitrogen and oxygen atoms in total. The number of allylic oxidation sites excluding steroid dienone is 2. The lowest BCUT2D eigenvalue weighted by molar-refractivity contribution is 0.339. The molecule has 0 radical (unpaired) electrons. The molecular formula is C11H9ClN2O. The molecule has 0 aliphatic heterocycles. The van der Waals surface area contributed by atoms with Crippen molar-refractivity contribution in [2.24, 2.45) is 0 Å². The first-order chi connectivity index (χ1) is 7.26. The van der Waals surface area contributed by atoms with Gasteiger partial charge in [-0.25, -0.2) is 4.98 Å². The molecule has 15 heavy (non-hydrogen) atoms. The number of rotatable bonds is 2. The van der Waals surface area contributed by atoms with E-state index in [2.05, 4.69) is 11.1 Å². The molecule has 4 heteroatoms. The average molecular weight is 221 g/mol. The smallest absolute Gasteiger partial charge is 0.133 e. The Bertz CT molecular complexity index is 474.